The quantitative estimate of drug-likeness (QED) is 0.564. The predicted octanol–water partition coefficient (Wildman–Crippen LogP) is -1.17. The summed E-state index contributed by atoms with van der Waals surface area (Å²) in [5.41, 5.74) is 6.63. The van der Waals surface area contributed by atoms with Crippen LogP contribution in [0.25, 0.3) is 0 Å². The molecule has 1 amide bonds. The Labute approximate surface area is 123 Å². The molecule has 116 valence electrons. The fourth-order valence-electron chi connectivity index (χ4n) is 3.83. The molecular formula is C14H21N3O4. The third-order valence-corrected chi connectivity index (χ3v) is 4.90. The van der Waals surface area contributed by atoms with E-state index in [-0.39, 0.29) is 29.6 Å². The number of nitrogens with two attached hydrogens (primary N) is 1. The molecule has 7 heteroatoms. The van der Waals surface area contributed by atoms with Gasteiger partial charge in [-0.1, -0.05) is 6.92 Å². The van der Waals surface area contributed by atoms with E-state index in [1.807, 2.05) is 6.92 Å². The van der Waals surface area contributed by atoms with Gasteiger partial charge in [-0.3, -0.25) is 9.69 Å². The van der Waals surface area contributed by atoms with Crippen LogP contribution in [0, 0.1) is 11.8 Å². The number of aliphatic hydroxyl groups excluding tert-OH is 1. The number of fused-ring (bicyclic) bond motifs is 1. The zero-order valence-electron chi connectivity index (χ0n) is 12.2. The van der Waals surface area contributed by atoms with Gasteiger partial charge in [0.05, 0.1) is 18.1 Å². The van der Waals surface area contributed by atoms with E-state index in [9.17, 15) is 19.8 Å². The summed E-state index contributed by atoms with van der Waals surface area (Å²) in [6, 6.07) is -0.0759. The highest BCUT2D eigenvalue weighted by Crippen LogP contribution is 2.47. The molecule has 0 aromatic carbocycles. The first-order valence-electron chi connectivity index (χ1n) is 7.28. The largest absolute Gasteiger partial charge is 0.477 e. The molecule has 4 unspecified atom stereocenters. The van der Waals surface area contributed by atoms with Crippen LogP contribution < -0.4 is 5.73 Å². The number of carbonyl (C=O) groups is 2. The Kier molecular flexibility index (Phi) is 3.31. The zero-order valence-corrected chi connectivity index (χ0v) is 12.2. The lowest BCUT2D eigenvalue weighted by Crippen LogP contribution is -2.63. The number of amides is 1. The van der Waals surface area contributed by atoms with Crippen molar-refractivity contribution >= 4 is 11.9 Å². The first kappa shape index (κ1) is 14.5. The summed E-state index contributed by atoms with van der Waals surface area (Å²) in [5, 5.41) is 19.2. The second-order valence-electron chi connectivity index (χ2n) is 6.39. The summed E-state index contributed by atoms with van der Waals surface area (Å²) in [6.45, 7) is 5.55. The fourth-order valence-corrected chi connectivity index (χ4v) is 3.83. The van der Waals surface area contributed by atoms with Gasteiger partial charge in [-0.05, 0) is 12.5 Å². The average molecular weight is 295 g/mol. The summed E-state index contributed by atoms with van der Waals surface area (Å²) in [4.78, 5) is 27.2. The number of β-lactam (4-membered cyclic amide) rings is 1. The van der Waals surface area contributed by atoms with Gasteiger partial charge in [0.15, 0.2) is 0 Å². The number of rotatable bonds is 4. The van der Waals surface area contributed by atoms with Crippen LogP contribution in [-0.4, -0.2) is 69.7 Å². The van der Waals surface area contributed by atoms with Crippen LogP contribution in [0.4, 0.5) is 0 Å². The van der Waals surface area contributed by atoms with E-state index in [0.717, 1.165) is 18.7 Å². The second-order valence-corrected chi connectivity index (χ2v) is 6.39. The Bertz CT molecular complexity index is 524. The second kappa shape index (κ2) is 4.79. The predicted molar refractivity (Wildman–Crippen MR) is 74.0 cm³/mol. The molecule has 2 fully saturated rings. The normalized spacial score (nSPS) is 34.6. The van der Waals surface area contributed by atoms with Crippen LogP contribution in [0.5, 0.6) is 0 Å². The van der Waals surface area contributed by atoms with E-state index in [0.29, 0.717) is 6.54 Å². The fraction of sp³-hybridized carbons (Fsp3) is 0.714. The van der Waals surface area contributed by atoms with Gasteiger partial charge in [0.2, 0.25) is 5.91 Å². The van der Waals surface area contributed by atoms with E-state index < -0.39 is 18.0 Å². The molecule has 21 heavy (non-hydrogen) atoms. The molecule has 2 saturated heterocycles. The molecule has 0 bridgehead atoms. The first-order chi connectivity index (χ1) is 9.82. The highest BCUT2D eigenvalue weighted by molar-refractivity contribution is 6.00. The van der Waals surface area contributed by atoms with E-state index in [1.165, 1.54) is 4.90 Å². The third-order valence-electron chi connectivity index (χ3n) is 4.90. The maximum absolute atomic E-state index is 12.1. The van der Waals surface area contributed by atoms with E-state index in [2.05, 4.69) is 4.90 Å². The molecule has 4 N–H and O–H groups in total. The molecule has 0 aromatic rings. The lowest BCUT2D eigenvalue weighted by atomic mass is 9.77. The molecule has 0 radical (unpaired) electrons. The van der Waals surface area contributed by atoms with Gasteiger partial charge in [-0.2, -0.15) is 0 Å². The smallest absolute Gasteiger partial charge is 0.352 e. The van der Waals surface area contributed by atoms with Crippen molar-refractivity contribution in [2.75, 3.05) is 19.6 Å². The highest BCUT2D eigenvalue weighted by atomic mass is 16.4. The molecule has 7 nitrogen and oxygen atoms in total. The van der Waals surface area contributed by atoms with Gasteiger partial charge in [-0.15, -0.1) is 0 Å². The molecular weight excluding hydrogens is 274 g/mol. The summed E-state index contributed by atoms with van der Waals surface area (Å²) < 4.78 is 0. The monoisotopic (exact) mass is 295 g/mol. The number of aliphatic hydroxyl groups is 1. The van der Waals surface area contributed by atoms with Gasteiger partial charge >= 0.3 is 5.97 Å². The third kappa shape index (κ3) is 1.99. The van der Waals surface area contributed by atoms with Crippen molar-refractivity contribution in [2.45, 2.75) is 32.0 Å². The molecule has 3 rings (SSSR count). The number of nitrogens with zero attached hydrogens (tertiary/aromatic N) is 2. The average Bonchev–Trinajstić information content (AvgIpc) is 2.58. The van der Waals surface area contributed by atoms with Crippen LogP contribution >= 0.6 is 0 Å². The van der Waals surface area contributed by atoms with E-state index in [4.69, 9.17) is 5.73 Å². The summed E-state index contributed by atoms with van der Waals surface area (Å²) >= 11 is 0. The van der Waals surface area contributed by atoms with Crippen LogP contribution in [0.15, 0.2) is 11.3 Å². The minimum atomic E-state index is -1.07. The number of aliphatic carboxylic acids is 1. The molecule has 4 atom stereocenters. The lowest BCUT2D eigenvalue weighted by molar-refractivity contribution is -0.163. The Balaban J connectivity index is 1.86. The summed E-state index contributed by atoms with van der Waals surface area (Å²) in [6.07, 6.45) is -0.756. The van der Waals surface area contributed by atoms with Gasteiger partial charge in [0, 0.05) is 31.6 Å². The highest BCUT2D eigenvalue weighted by Gasteiger charge is 2.59. The van der Waals surface area contributed by atoms with E-state index in [1.54, 1.807) is 6.92 Å². The summed E-state index contributed by atoms with van der Waals surface area (Å²) in [7, 11) is 0. The topological polar surface area (TPSA) is 107 Å². The van der Waals surface area contributed by atoms with Gasteiger partial charge in [0.25, 0.3) is 0 Å². The lowest BCUT2D eigenvalue weighted by Gasteiger charge is -2.46. The van der Waals surface area contributed by atoms with Crippen molar-refractivity contribution in [1.82, 2.24) is 9.80 Å². The molecule has 3 aliphatic heterocycles. The Morgan fingerprint density at radius 2 is 2.10 bits per heavy atom. The minimum absolute atomic E-state index is 0.0507. The molecule has 0 saturated carbocycles. The van der Waals surface area contributed by atoms with E-state index >= 15 is 0 Å². The SMILES string of the molecule is CC(O)C1C(=O)N2C(C(=O)O)=C(CN3CC(N)C3)C(C)C12. The van der Waals surface area contributed by atoms with Crippen LogP contribution in [0.3, 0.4) is 0 Å². The maximum Gasteiger partial charge on any atom is 0.352 e. The number of carboxylic acids is 1. The molecule has 3 aliphatic rings. The zero-order chi connectivity index (χ0) is 15.5. The van der Waals surface area contributed by atoms with Crippen molar-refractivity contribution < 1.29 is 19.8 Å². The number of likely N-dealkylation sites (tertiary alicyclic amines) is 1. The van der Waals surface area contributed by atoms with Crippen molar-refractivity contribution in [2.24, 2.45) is 17.6 Å². The van der Waals surface area contributed by atoms with Crippen LogP contribution in [-0.2, 0) is 9.59 Å². The number of carboxylic acid groups (broad SMARTS) is 1. The van der Waals surface area contributed by atoms with Crippen molar-refractivity contribution in [1.29, 1.82) is 0 Å². The first-order valence-corrected chi connectivity index (χ1v) is 7.28. The Hall–Kier alpha value is -1.44. The summed E-state index contributed by atoms with van der Waals surface area (Å²) in [5.74, 6) is -1.90. The van der Waals surface area contributed by atoms with Crippen molar-refractivity contribution in [3.8, 4) is 0 Å². The van der Waals surface area contributed by atoms with Crippen molar-refractivity contribution in [3.63, 3.8) is 0 Å². The standard InChI is InChI=1S/C14H21N3O4/c1-6-9(5-16-3-8(15)4-16)12(14(20)21)17-11(6)10(7(2)18)13(17)19/h6-8,10-11,18H,3-5,15H2,1-2H3,(H,20,21). The van der Waals surface area contributed by atoms with Gasteiger partial charge < -0.3 is 20.8 Å². The Morgan fingerprint density at radius 1 is 1.48 bits per heavy atom. The van der Waals surface area contributed by atoms with Crippen LogP contribution in [0.2, 0.25) is 0 Å². The molecule has 0 aromatic heterocycles. The molecule has 0 spiro atoms. The van der Waals surface area contributed by atoms with Gasteiger partial charge in [0.1, 0.15) is 5.70 Å². The number of hydrogen-bond acceptors (Lipinski definition) is 5. The molecule has 0 aliphatic carbocycles. The number of hydrogen-bond donors (Lipinski definition) is 3. The number of carbonyl (C=O) groups excluding carboxylic acids is 1. The van der Waals surface area contributed by atoms with Crippen LogP contribution in [0.1, 0.15) is 13.8 Å². The Morgan fingerprint density at radius 3 is 2.57 bits per heavy atom. The minimum Gasteiger partial charge on any atom is -0.477 e. The molecule has 3 heterocycles. The van der Waals surface area contributed by atoms with Gasteiger partial charge in [-0.25, -0.2) is 4.79 Å². The maximum atomic E-state index is 12.1. The van der Waals surface area contributed by atoms with Crippen molar-refractivity contribution in [3.05, 3.63) is 11.3 Å².